The summed E-state index contributed by atoms with van der Waals surface area (Å²) in [7, 11) is 0. The number of pyridine rings is 1. The molecule has 4 nitrogen and oxygen atoms in total. The van der Waals surface area contributed by atoms with Crippen LogP contribution < -0.4 is 0 Å². The van der Waals surface area contributed by atoms with Gasteiger partial charge in [0.05, 0.1) is 17.2 Å². The largest absolute Gasteiger partial charge is 0.506 e. The first-order valence-corrected chi connectivity index (χ1v) is 6.39. The Morgan fingerprint density at radius 3 is 2.84 bits per heavy atom. The summed E-state index contributed by atoms with van der Waals surface area (Å²) in [4.78, 5) is 8.68. The van der Waals surface area contributed by atoms with Crippen LogP contribution in [-0.4, -0.2) is 19.6 Å². The molecule has 96 valence electrons. The molecule has 0 atom stereocenters. The first kappa shape index (κ1) is 11.7. The lowest BCUT2D eigenvalue weighted by atomic mass is 10.2. The molecule has 19 heavy (non-hydrogen) atoms. The van der Waals surface area contributed by atoms with Gasteiger partial charge in [-0.15, -0.1) is 0 Å². The predicted molar refractivity (Wildman–Crippen MR) is 74.9 cm³/mol. The molecule has 0 bridgehead atoms. The molecule has 1 N–H and O–H groups in total. The minimum Gasteiger partial charge on any atom is -0.506 e. The van der Waals surface area contributed by atoms with Crippen molar-refractivity contribution in [3.05, 3.63) is 42.7 Å². The van der Waals surface area contributed by atoms with Crippen LogP contribution in [0, 0.1) is 0 Å². The molecule has 0 aliphatic carbocycles. The fourth-order valence-corrected chi connectivity index (χ4v) is 2.30. The van der Waals surface area contributed by atoms with Crippen LogP contribution in [0.25, 0.3) is 22.4 Å². The number of hydrogen-bond donors (Lipinski definition) is 1. The number of imidazole rings is 1. The summed E-state index contributed by atoms with van der Waals surface area (Å²) in [5, 5.41) is 9.57. The monoisotopic (exact) mass is 253 g/mol. The van der Waals surface area contributed by atoms with Gasteiger partial charge in [0.1, 0.15) is 11.6 Å². The molecular formula is C15H15N3O. The van der Waals surface area contributed by atoms with E-state index in [0.29, 0.717) is 0 Å². The Balaban J connectivity index is 2.25. The quantitative estimate of drug-likeness (QED) is 0.779. The van der Waals surface area contributed by atoms with Crippen molar-refractivity contribution in [2.45, 2.75) is 19.9 Å². The van der Waals surface area contributed by atoms with Crippen LogP contribution in [0.3, 0.4) is 0 Å². The zero-order valence-corrected chi connectivity index (χ0v) is 10.7. The Morgan fingerprint density at radius 2 is 2.05 bits per heavy atom. The van der Waals surface area contributed by atoms with Crippen LogP contribution in [0.15, 0.2) is 42.7 Å². The fraction of sp³-hybridized carbons (Fsp3) is 0.200. The molecule has 0 spiro atoms. The van der Waals surface area contributed by atoms with Crippen molar-refractivity contribution in [1.29, 1.82) is 0 Å². The number of aryl methyl sites for hydroxylation is 1. The van der Waals surface area contributed by atoms with E-state index in [2.05, 4.69) is 27.5 Å². The molecule has 1 aromatic carbocycles. The Labute approximate surface area is 111 Å². The second-order valence-electron chi connectivity index (χ2n) is 4.51. The third-order valence-electron chi connectivity index (χ3n) is 3.08. The maximum absolute atomic E-state index is 9.57. The number of rotatable bonds is 3. The van der Waals surface area contributed by atoms with Crippen molar-refractivity contribution in [2.75, 3.05) is 0 Å². The average molecular weight is 253 g/mol. The summed E-state index contributed by atoms with van der Waals surface area (Å²) < 4.78 is 2.17. The second kappa shape index (κ2) is 4.72. The minimum atomic E-state index is 0.160. The third-order valence-corrected chi connectivity index (χ3v) is 3.08. The lowest BCUT2D eigenvalue weighted by Gasteiger charge is -2.07. The van der Waals surface area contributed by atoms with E-state index < -0.39 is 0 Å². The third kappa shape index (κ3) is 2.05. The number of aromatic hydroxyl groups is 1. The second-order valence-corrected chi connectivity index (χ2v) is 4.51. The zero-order valence-electron chi connectivity index (χ0n) is 10.7. The fourth-order valence-electron chi connectivity index (χ4n) is 2.30. The number of nitrogens with zero attached hydrogens (tertiary/aromatic N) is 3. The molecule has 0 fully saturated rings. The van der Waals surface area contributed by atoms with E-state index in [-0.39, 0.29) is 5.75 Å². The summed E-state index contributed by atoms with van der Waals surface area (Å²) in [5.41, 5.74) is 2.92. The Hall–Kier alpha value is -2.36. The van der Waals surface area contributed by atoms with E-state index >= 15 is 0 Å². The van der Waals surface area contributed by atoms with Crippen LogP contribution in [0.2, 0.25) is 0 Å². The SMILES string of the molecule is CCCn1c(-c2cncc(O)c2)nc2ccccc21. The van der Waals surface area contributed by atoms with Crippen molar-refractivity contribution < 1.29 is 5.11 Å². The maximum Gasteiger partial charge on any atom is 0.142 e. The molecule has 3 aromatic rings. The molecule has 0 saturated carbocycles. The lowest BCUT2D eigenvalue weighted by Crippen LogP contribution is -1.99. The van der Waals surface area contributed by atoms with Gasteiger partial charge in [-0.2, -0.15) is 0 Å². The first-order valence-electron chi connectivity index (χ1n) is 6.39. The molecule has 4 heteroatoms. The summed E-state index contributed by atoms with van der Waals surface area (Å²) in [5.74, 6) is 1.01. The standard InChI is InChI=1S/C15H15N3O/c1-2-7-18-14-6-4-3-5-13(14)17-15(18)11-8-12(19)10-16-9-11/h3-6,8-10,19H,2,7H2,1H3. The molecule has 2 aromatic heterocycles. The highest BCUT2D eigenvalue weighted by atomic mass is 16.3. The Bertz CT molecular complexity index is 718. The number of aromatic nitrogens is 3. The molecule has 3 rings (SSSR count). The maximum atomic E-state index is 9.57. The topological polar surface area (TPSA) is 50.9 Å². The Kier molecular flexibility index (Phi) is 2.91. The lowest BCUT2D eigenvalue weighted by molar-refractivity contribution is 0.473. The van der Waals surface area contributed by atoms with E-state index in [4.69, 9.17) is 0 Å². The van der Waals surface area contributed by atoms with Crippen LogP contribution in [0.1, 0.15) is 13.3 Å². The highest BCUT2D eigenvalue weighted by molar-refractivity contribution is 5.80. The van der Waals surface area contributed by atoms with E-state index in [9.17, 15) is 5.11 Å². The number of fused-ring (bicyclic) bond motifs is 1. The van der Waals surface area contributed by atoms with Gasteiger partial charge in [-0.3, -0.25) is 4.98 Å². The van der Waals surface area contributed by atoms with Crippen molar-refractivity contribution in [3.63, 3.8) is 0 Å². The molecule has 0 saturated heterocycles. The van der Waals surface area contributed by atoms with Crippen LogP contribution in [0.4, 0.5) is 0 Å². The highest BCUT2D eigenvalue weighted by Crippen LogP contribution is 2.26. The number of para-hydroxylation sites is 2. The highest BCUT2D eigenvalue weighted by Gasteiger charge is 2.12. The van der Waals surface area contributed by atoms with Gasteiger partial charge in [0, 0.05) is 18.3 Å². The van der Waals surface area contributed by atoms with Crippen molar-refractivity contribution in [3.8, 4) is 17.1 Å². The summed E-state index contributed by atoms with van der Waals surface area (Å²) in [6.07, 6.45) is 4.18. The van der Waals surface area contributed by atoms with Crippen LogP contribution in [0.5, 0.6) is 5.75 Å². The molecule has 0 aliphatic heterocycles. The number of hydrogen-bond acceptors (Lipinski definition) is 3. The van der Waals surface area contributed by atoms with E-state index in [1.165, 1.54) is 6.20 Å². The van der Waals surface area contributed by atoms with Crippen LogP contribution >= 0.6 is 0 Å². The Morgan fingerprint density at radius 1 is 1.21 bits per heavy atom. The van der Waals surface area contributed by atoms with Gasteiger partial charge >= 0.3 is 0 Å². The van der Waals surface area contributed by atoms with E-state index in [1.807, 2.05) is 18.2 Å². The van der Waals surface area contributed by atoms with Gasteiger partial charge in [-0.25, -0.2) is 4.98 Å². The molecule has 0 amide bonds. The summed E-state index contributed by atoms with van der Waals surface area (Å²) in [6.45, 7) is 3.03. The van der Waals surface area contributed by atoms with Crippen molar-refractivity contribution in [2.24, 2.45) is 0 Å². The van der Waals surface area contributed by atoms with Gasteiger partial charge in [0.2, 0.25) is 0 Å². The average Bonchev–Trinajstić information content (AvgIpc) is 2.79. The molecule has 0 unspecified atom stereocenters. The molecule has 0 aliphatic rings. The summed E-state index contributed by atoms with van der Waals surface area (Å²) in [6, 6.07) is 9.76. The predicted octanol–water partition coefficient (Wildman–Crippen LogP) is 3.21. The number of benzene rings is 1. The van der Waals surface area contributed by atoms with Gasteiger partial charge in [-0.1, -0.05) is 19.1 Å². The van der Waals surface area contributed by atoms with Gasteiger partial charge in [0.15, 0.2) is 0 Å². The zero-order chi connectivity index (χ0) is 13.2. The van der Waals surface area contributed by atoms with Gasteiger partial charge in [-0.05, 0) is 24.6 Å². The van der Waals surface area contributed by atoms with Gasteiger partial charge in [0.25, 0.3) is 0 Å². The van der Waals surface area contributed by atoms with Gasteiger partial charge < -0.3 is 9.67 Å². The summed E-state index contributed by atoms with van der Waals surface area (Å²) >= 11 is 0. The minimum absolute atomic E-state index is 0.160. The van der Waals surface area contributed by atoms with Crippen molar-refractivity contribution in [1.82, 2.24) is 14.5 Å². The van der Waals surface area contributed by atoms with Crippen molar-refractivity contribution >= 4 is 11.0 Å². The van der Waals surface area contributed by atoms with E-state index in [1.54, 1.807) is 12.3 Å². The molecule has 0 radical (unpaired) electrons. The normalized spacial score (nSPS) is 11.0. The van der Waals surface area contributed by atoms with Crippen LogP contribution in [-0.2, 0) is 6.54 Å². The molecular weight excluding hydrogens is 238 g/mol. The first-order chi connectivity index (χ1) is 9.29. The smallest absolute Gasteiger partial charge is 0.142 e. The van der Waals surface area contributed by atoms with E-state index in [0.717, 1.165) is 35.4 Å². The molecule has 2 heterocycles.